The Morgan fingerprint density at radius 2 is 2.11 bits per heavy atom. The Bertz CT molecular complexity index is 423. The summed E-state index contributed by atoms with van der Waals surface area (Å²) < 4.78 is 32.1. The van der Waals surface area contributed by atoms with Crippen LogP contribution in [0.5, 0.6) is 5.75 Å². The molecule has 4 heteroatoms. The van der Waals surface area contributed by atoms with Gasteiger partial charge in [0.2, 0.25) is 0 Å². The molecule has 0 spiro atoms. The molecule has 0 bridgehead atoms. The van der Waals surface area contributed by atoms with Gasteiger partial charge in [-0.05, 0) is 37.3 Å². The molecule has 106 valence electrons. The Morgan fingerprint density at radius 3 is 2.84 bits per heavy atom. The van der Waals surface area contributed by atoms with E-state index in [0.717, 1.165) is 37.5 Å². The maximum absolute atomic E-state index is 13.5. The van der Waals surface area contributed by atoms with E-state index in [0.29, 0.717) is 18.8 Å². The molecule has 1 N–H and O–H groups in total. The Labute approximate surface area is 112 Å². The monoisotopic (exact) mass is 270 g/mol. The van der Waals surface area contributed by atoms with Crippen molar-refractivity contribution in [2.75, 3.05) is 0 Å². The predicted molar refractivity (Wildman–Crippen MR) is 69.0 cm³/mol. The van der Waals surface area contributed by atoms with Crippen LogP contribution in [-0.4, -0.2) is 17.3 Å². The second-order valence-electron chi connectivity index (χ2n) is 5.27. The third-order valence-electron chi connectivity index (χ3n) is 3.73. The van der Waals surface area contributed by atoms with Gasteiger partial charge in [0.05, 0.1) is 6.10 Å². The summed E-state index contributed by atoms with van der Waals surface area (Å²) in [6, 6.07) is 3.13. The van der Waals surface area contributed by atoms with Crippen molar-refractivity contribution < 1.29 is 18.6 Å². The van der Waals surface area contributed by atoms with Crippen molar-refractivity contribution in [1.82, 2.24) is 0 Å². The van der Waals surface area contributed by atoms with E-state index in [1.54, 1.807) is 0 Å². The second kappa shape index (κ2) is 6.33. The van der Waals surface area contributed by atoms with Crippen LogP contribution >= 0.6 is 0 Å². The van der Waals surface area contributed by atoms with E-state index in [-0.39, 0.29) is 5.75 Å². The largest absolute Gasteiger partial charge is 0.485 e. The van der Waals surface area contributed by atoms with E-state index in [2.05, 4.69) is 6.92 Å². The van der Waals surface area contributed by atoms with Gasteiger partial charge in [-0.25, -0.2) is 8.78 Å². The summed E-state index contributed by atoms with van der Waals surface area (Å²) in [5.74, 6) is -0.741. The highest BCUT2D eigenvalue weighted by Crippen LogP contribution is 2.31. The smallest absolute Gasteiger partial charge is 0.165 e. The fraction of sp³-hybridized carbons (Fsp3) is 0.600. The summed E-state index contributed by atoms with van der Waals surface area (Å²) in [5.41, 5.74) is 0. The SMILES string of the molecule is CCCC1CCC(O)C(Oc2cc(F)ccc2F)C1. The van der Waals surface area contributed by atoms with E-state index in [9.17, 15) is 13.9 Å². The predicted octanol–water partition coefficient (Wildman–Crippen LogP) is 3.67. The van der Waals surface area contributed by atoms with Gasteiger partial charge in [-0.2, -0.15) is 0 Å². The number of aliphatic hydroxyl groups excluding tert-OH is 1. The molecule has 1 aromatic carbocycles. The topological polar surface area (TPSA) is 29.5 Å². The molecule has 3 atom stereocenters. The van der Waals surface area contributed by atoms with Crippen molar-refractivity contribution in [3.8, 4) is 5.75 Å². The van der Waals surface area contributed by atoms with Gasteiger partial charge in [-0.1, -0.05) is 19.8 Å². The number of hydrogen-bond acceptors (Lipinski definition) is 2. The summed E-state index contributed by atoms with van der Waals surface area (Å²) in [5, 5.41) is 9.94. The first kappa shape index (κ1) is 14.3. The zero-order valence-corrected chi connectivity index (χ0v) is 11.1. The van der Waals surface area contributed by atoms with Gasteiger partial charge in [0.25, 0.3) is 0 Å². The lowest BCUT2D eigenvalue weighted by molar-refractivity contribution is -0.0135. The van der Waals surface area contributed by atoms with E-state index in [1.807, 2.05) is 0 Å². The molecule has 1 fully saturated rings. The molecule has 0 aliphatic heterocycles. The van der Waals surface area contributed by atoms with Crippen molar-refractivity contribution in [2.24, 2.45) is 5.92 Å². The molecule has 1 aliphatic rings. The number of hydrogen-bond donors (Lipinski definition) is 1. The van der Waals surface area contributed by atoms with Crippen LogP contribution in [0.2, 0.25) is 0 Å². The highest BCUT2D eigenvalue weighted by Gasteiger charge is 2.30. The maximum atomic E-state index is 13.5. The minimum absolute atomic E-state index is 0.110. The van der Waals surface area contributed by atoms with Crippen molar-refractivity contribution in [3.05, 3.63) is 29.8 Å². The third kappa shape index (κ3) is 3.66. The summed E-state index contributed by atoms with van der Waals surface area (Å²) in [4.78, 5) is 0. The minimum Gasteiger partial charge on any atom is -0.485 e. The Morgan fingerprint density at radius 1 is 1.32 bits per heavy atom. The Balaban J connectivity index is 2.05. The summed E-state index contributed by atoms with van der Waals surface area (Å²) in [6.07, 6.45) is 3.45. The van der Waals surface area contributed by atoms with E-state index in [1.165, 1.54) is 0 Å². The molecule has 1 aromatic rings. The van der Waals surface area contributed by atoms with E-state index < -0.39 is 23.8 Å². The molecule has 0 aromatic heterocycles. The molecule has 3 unspecified atom stereocenters. The molecule has 1 saturated carbocycles. The number of rotatable bonds is 4. The quantitative estimate of drug-likeness (QED) is 0.904. The molecule has 0 saturated heterocycles. The van der Waals surface area contributed by atoms with Crippen LogP contribution < -0.4 is 4.74 Å². The van der Waals surface area contributed by atoms with Crippen LogP contribution in [0.1, 0.15) is 39.0 Å². The van der Waals surface area contributed by atoms with Gasteiger partial charge in [0.15, 0.2) is 11.6 Å². The lowest BCUT2D eigenvalue weighted by atomic mass is 9.83. The fourth-order valence-electron chi connectivity index (χ4n) is 2.72. The molecule has 0 radical (unpaired) electrons. The summed E-state index contributed by atoms with van der Waals surface area (Å²) in [7, 11) is 0. The number of ether oxygens (including phenoxy) is 1. The van der Waals surface area contributed by atoms with Crippen LogP contribution in [0, 0.1) is 17.6 Å². The molecule has 1 aliphatic carbocycles. The molecule has 0 amide bonds. The Kier molecular flexibility index (Phi) is 4.75. The molecule has 2 nitrogen and oxygen atoms in total. The molecule has 2 rings (SSSR count). The summed E-state index contributed by atoms with van der Waals surface area (Å²) >= 11 is 0. The van der Waals surface area contributed by atoms with E-state index in [4.69, 9.17) is 4.74 Å². The molecule has 19 heavy (non-hydrogen) atoms. The average molecular weight is 270 g/mol. The normalized spacial score (nSPS) is 27.3. The van der Waals surface area contributed by atoms with Gasteiger partial charge in [0, 0.05) is 6.07 Å². The first-order valence-corrected chi connectivity index (χ1v) is 6.90. The third-order valence-corrected chi connectivity index (χ3v) is 3.73. The van der Waals surface area contributed by atoms with Crippen molar-refractivity contribution in [2.45, 2.75) is 51.2 Å². The highest BCUT2D eigenvalue weighted by molar-refractivity contribution is 5.25. The van der Waals surface area contributed by atoms with Gasteiger partial charge in [0.1, 0.15) is 11.9 Å². The standard InChI is InChI=1S/C15H20F2O2/c1-2-3-10-4-7-13(18)15(8-10)19-14-9-11(16)5-6-12(14)17/h5-6,9-10,13,15,18H,2-4,7-8H2,1H3. The number of halogens is 2. The van der Waals surface area contributed by atoms with Crippen molar-refractivity contribution in [3.63, 3.8) is 0 Å². The van der Waals surface area contributed by atoms with Crippen molar-refractivity contribution >= 4 is 0 Å². The molecular formula is C15H20F2O2. The average Bonchev–Trinajstić information content (AvgIpc) is 2.38. The lowest BCUT2D eigenvalue weighted by Gasteiger charge is -2.33. The first-order chi connectivity index (χ1) is 9.10. The first-order valence-electron chi connectivity index (χ1n) is 6.90. The van der Waals surface area contributed by atoms with Crippen molar-refractivity contribution in [1.29, 1.82) is 0 Å². The zero-order valence-electron chi connectivity index (χ0n) is 11.1. The second-order valence-corrected chi connectivity index (χ2v) is 5.27. The van der Waals surface area contributed by atoms with Gasteiger partial charge in [-0.3, -0.25) is 0 Å². The highest BCUT2D eigenvalue weighted by atomic mass is 19.1. The summed E-state index contributed by atoms with van der Waals surface area (Å²) in [6.45, 7) is 2.12. The molecule has 0 heterocycles. The Hall–Kier alpha value is -1.16. The number of benzene rings is 1. The van der Waals surface area contributed by atoms with Crippen LogP contribution in [0.15, 0.2) is 18.2 Å². The van der Waals surface area contributed by atoms with Crippen LogP contribution in [0.3, 0.4) is 0 Å². The lowest BCUT2D eigenvalue weighted by Crippen LogP contribution is -2.38. The zero-order chi connectivity index (χ0) is 13.8. The minimum atomic E-state index is -0.601. The van der Waals surface area contributed by atoms with Gasteiger partial charge < -0.3 is 9.84 Å². The molecular weight excluding hydrogens is 250 g/mol. The maximum Gasteiger partial charge on any atom is 0.165 e. The van der Waals surface area contributed by atoms with Crippen LogP contribution in [0.4, 0.5) is 8.78 Å². The van der Waals surface area contributed by atoms with E-state index >= 15 is 0 Å². The van der Waals surface area contributed by atoms with Crippen LogP contribution in [0.25, 0.3) is 0 Å². The van der Waals surface area contributed by atoms with Gasteiger partial charge in [-0.15, -0.1) is 0 Å². The fourth-order valence-corrected chi connectivity index (χ4v) is 2.72. The number of aliphatic hydroxyl groups is 1. The van der Waals surface area contributed by atoms with Crippen LogP contribution in [-0.2, 0) is 0 Å². The van der Waals surface area contributed by atoms with Gasteiger partial charge >= 0.3 is 0 Å².